The first-order valence-electron chi connectivity index (χ1n) is 7.83. The minimum absolute atomic E-state index is 0.0640. The number of aliphatic carboxylic acids is 1. The Morgan fingerprint density at radius 2 is 2.04 bits per heavy atom. The van der Waals surface area contributed by atoms with Gasteiger partial charge < -0.3 is 20.2 Å². The predicted molar refractivity (Wildman–Crippen MR) is 85.5 cm³/mol. The van der Waals surface area contributed by atoms with Crippen molar-refractivity contribution in [3.63, 3.8) is 0 Å². The molecule has 0 aliphatic carbocycles. The van der Waals surface area contributed by atoms with Gasteiger partial charge in [0, 0.05) is 38.4 Å². The maximum Gasteiger partial charge on any atom is 0.418 e. The minimum Gasteiger partial charge on any atom is -0.481 e. The number of halogens is 3. The topological polar surface area (TPSA) is 72.9 Å². The van der Waals surface area contributed by atoms with Gasteiger partial charge in [0.2, 0.25) is 0 Å². The summed E-state index contributed by atoms with van der Waals surface area (Å²) in [6, 6.07) is 4.64. The molecule has 1 unspecified atom stereocenters. The van der Waals surface area contributed by atoms with Gasteiger partial charge >= 0.3 is 18.2 Å². The van der Waals surface area contributed by atoms with E-state index in [2.05, 4.69) is 5.32 Å². The highest BCUT2D eigenvalue weighted by Gasteiger charge is 2.36. The van der Waals surface area contributed by atoms with E-state index in [1.54, 1.807) is 11.0 Å². The Kier molecular flexibility index (Phi) is 5.76. The molecule has 0 aromatic heterocycles. The lowest BCUT2D eigenvalue weighted by Gasteiger charge is -2.24. The first-order chi connectivity index (χ1) is 11.7. The molecule has 1 saturated heterocycles. The van der Waals surface area contributed by atoms with Crippen LogP contribution in [0.1, 0.15) is 18.4 Å². The number of urea groups is 1. The highest BCUT2D eigenvalue weighted by molar-refractivity contribution is 5.75. The van der Waals surface area contributed by atoms with Crippen LogP contribution in [-0.2, 0) is 11.0 Å². The average molecular weight is 359 g/mol. The van der Waals surface area contributed by atoms with Gasteiger partial charge in [0.25, 0.3) is 0 Å². The Labute approximate surface area is 143 Å². The van der Waals surface area contributed by atoms with Gasteiger partial charge in [0.05, 0.1) is 12.0 Å². The normalized spacial score (nSPS) is 17.4. The number of hydrogen-bond acceptors (Lipinski definition) is 3. The van der Waals surface area contributed by atoms with Crippen LogP contribution >= 0.6 is 0 Å². The lowest BCUT2D eigenvalue weighted by Crippen LogP contribution is -2.44. The van der Waals surface area contributed by atoms with E-state index in [0.29, 0.717) is 13.0 Å². The van der Waals surface area contributed by atoms with Crippen LogP contribution in [0.3, 0.4) is 0 Å². The number of hydrogen-bond donors (Lipinski definition) is 2. The van der Waals surface area contributed by atoms with E-state index in [-0.39, 0.29) is 31.2 Å². The maximum atomic E-state index is 13.1. The third-order valence-corrected chi connectivity index (χ3v) is 4.07. The molecule has 0 radical (unpaired) electrons. The van der Waals surface area contributed by atoms with Crippen LogP contribution < -0.4 is 10.2 Å². The fraction of sp³-hybridized carbons (Fsp3) is 0.500. The van der Waals surface area contributed by atoms with E-state index < -0.39 is 23.7 Å². The molecule has 25 heavy (non-hydrogen) atoms. The second kappa shape index (κ2) is 7.62. The van der Waals surface area contributed by atoms with E-state index in [9.17, 15) is 22.8 Å². The third kappa shape index (κ3) is 5.01. The van der Waals surface area contributed by atoms with Crippen molar-refractivity contribution in [1.29, 1.82) is 0 Å². The number of carboxylic acids is 1. The Balaban J connectivity index is 1.96. The van der Waals surface area contributed by atoms with E-state index in [4.69, 9.17) is 5.11 Å². The summed E-state index contributed by atoms with van der Waals surface area (Å²) in [4.78, 5) is 25.4. The average Bonchev–Trinajstić information content (AvgIpc) is 3.00. The molecular weight excluding hydrogens is 339 g/mol. The number of para-hydroxylation sites is 1. The van der Waals surface area contributed by atoms with Crippen molar-refractivity contribution >= 4 is 17.7 Å². The Hall–Kier alpha value is -2.45. The summed E-state index contributed by atoms with van der Waals surface area (Å²) in [7, 11) is 1.48. The van der Waals surface area contributed by atoms with Gasteiger partial charge in [-0.25, -0.2) is 4.79 Å². The summed E-state index contributed by atoms with van der Waals surface area (Å²) in [6.07, 6.45) is -4.08. The molecule has 1 heterocycles. The van der Waals surface area contributed by atoms with Crippen molar-refractivity contribution in [2.24, 2.45) is 0 Å². The van der Waals surface area contributed by atoms with Crippen molar-refractivity contribution in [1.82, 2.24) is 10.2 Å². The monoisotopic (exact) mass is 359 g/mol. The summed E-state index contributed by atoms with van der Waals surface area (Å²) >= 11 is 0. The molecule has 1 fully saturated rings. The first-order valence-corrected chi connectivity index (χ1v) is 7.83. The molecule has 1 aliphatic rings. The van der Waals surface area contributed by atoms with Crippen molar-refractivity contribution in [3.05, 3.63) is 29.8 Å². The first kappa shape index (κ1) is 18.9. The van der Waals surface area contributed by atoms with Crippen LogP contribution in [0.5, 0.6) is 0 Å². The van der Waals surface area contributed by atoms with Crippen molar-refractivity contribution < 1.29 is 27.9 Å². The molecule has 0 saturated carbocycles. The number of benzene rings is 1. The van der Waals surface area contributed by atoms with Gasteiger partial charge in [-0.05, 0) is 18.6 Å². The Bertz CT molecular complexity index is 637. The number of nitrogens with one attached hydrogen (secondary N) is 1. The summed E-state index contributed by atoms with van der Waals surface area (Å²) in [5.74, 6) is -1.00. The molecule has 2 amide bonds. The zero-order chi connectivity index (χ0) is 18.6. The van der Waals surface area contributed by atoms with Gasteiger partial charge in [-0.1, -0.05) is 12.1 Å². The number of alkyl halides is 3. The summed E-state index contributed by atoms with van der Waals surface area (Å²) in [5.41, 5.74) is -0.591. The van der Waals surface area contributed by atoms with Gasteiger partial charge in [0.15, 0.2) is 0 Å². The quantitative estimate of drug-likeness (QED) is 0.847. The van der Waals surface area contributed by atoms with Crippen LogP contribution in [-0.4, -0.2) is 54.7 Å². The van der Waals surface area contributed by atoms with E-state index in [1.165, 1.54) is 24.1 Å². The lowest BCUT2D eigenvalue weighted by molar-refractivity contribution is -0.138. The molecule has 1 atom stereocenters. The van der Waals surface area contributed by atoms with Gasteiger partial charge in [-0.2, -0.15) is 13.2 Å². The van der Waals surface area contributed by atoms with Crippen LogP contribution in [0.4, 0.5) is 23.7 Å². The zero-order valence-corrected chi connectivity index (χ0v) is 13.7. The molecule has 1 aliphatic heterocycles. The number of carbonyl (C=O) groups is 2. The number of anilines is 1. The highest BCUT2D eigenvalue weighted by atomic mass is 19.4. The standard InChI is InChI=1S/C16H20F3N3O3/c1-21(8-7-14(23)24)15(25)20-11-6-9-22(10-11)13-5-3-2-4-12(13)16(17,18)19/h2-5,11H,6-10H2,1H3,(H,20,25)(H,23,24). The van der Waals surface area contributed by atoms with E-state index in [0.717, 1.165) is 6.07 Å². The lowest BCUT2D eigenvalue weighted by atomic mass is 10.1. The minimum atomic E-state index is -4.44. The number of nitrogens with zero attached hydrogens (tertiary/aromatic N) is 2. The van der Waals surface area contributed by atoms with Crippen LogP contribution in [0, 0.1) is 0 Å². The molecular formula is C16H20F3N3O3. The maximum absolute atomic E-state index is 13.1. The number of rotatable bonds is 5. The molecule has 2 rings (SSSR count). The highest BCUT2D eigenvalue weighted by Crippen LogP contribution is 2.37. The molecule has 2 N–H and O–H groups in total. The smallest absolute Gasteiger partial charge is 0.418 e. The fourth-order valence-corrected chi connectivity index (χ4v) is 2.74. The van der Waals surface area contributed by atoms with E-state index >= 15 is 0 Å². The molecule has 0 bridgehead atoms. The van der Waals surface area contributed by atoms with Crippen LogP contribution in [0.25, 0.3) is 0 Å². The number of carboxylic acid groups (broad SMARTS) is 1. The molecule has 1 aromatic carbocycles. The molecule has 1 aromatic rings. The fourth-order valence-electron chi connectivity index (χ4n) is 2.74. The Morgan fingerprint density at radius 1 is 1.36 bits per heavy atom. The summed E-state index contributed by atoms with van der Waals surface area (Å²) < 4.78 is 39.3. The largest absolute Gasteiger partial charge is 0.481 e. The predicted octanol–water partition coefficient (Wildman–Crippen LogP) is 2.40. The van der Waals surface area contributed by atoms with Crippen LogP contribution in [0.15, 0.2) is 24.3 Å². The third-order valence-electron chi connectivity index (χ3n) is 4.07. The number of carbonyl (C=O) groups excluding carboxylic acids is 1. The van der Waals surface area contributed by atoms with Crippen molar-refractivity contribution in [2.75, 3.05) is 31.6 Å². The second-order valence-corrected chi connectivity index (χ2v) is 5.96. The van der Waals surface area contributed by atoms with Crippen molar-refractivity contribution in [3.8, 4) is 0 Å². The summed E-state index contributed by atoms with van der Waals surface area (Å²) in [5, 5.41) is 11.4. The number of amides is 2. The second-order valence-electron chi connectivity index (χ2n) is 5.96. The zero-order valence-electron chi connectivity index (χ0n) is 13.7. The van der Waals surface area contributed by atoms with Gasteiger partial charge in [-0.3, -0.25) is 4.79 Å². The SMILES string of the molecule is CN(CCC(=O)O)C(=O)NC1CCN(c2ccccc2C(F)(F)F)C1. The molecule has 6 nitrogen and oxygen atoms in total. The van der Waals surface area contributed by atoms with Gasteiger partial charge in [0.1, 0.15) is 0 Å². The van der Waals surface area contributed by atoms with Gasteiger partial charge in [-0.15, -0.1) is 0 Å². The molecule has 9 heteroatoms. The molecule has 138 valence electrons. The Morgan fingerprint density at radius 3 is 2.68 bits per heavy atom. The van der Waals surface area contributed by atoms with Crippen LogP contribution in [0.2, 0.25) is 0 Å². The van der Waals surface area contributed by atoms with Crippen molar-refractivity contribution in [2.45, 2.75) is 25.1 Å². The van der Waals surface area contributed by atoms with E-state index in [1.807, 2.05) is 0 Å². The summed E-state index contributed by atoms with van der Waals surface area (Å²) in [6.45, 7) is 0.733. The molecule has 0 spiro atoms.